The van der Waals surface area contributed by atoms with Gasteiger partial charge in [0.25, 0.3) is 5.91 Å². The Morgan fingerprint density at radius 2 is 1.82 bits per heavy atom. The molecule has 5 heteroatoms. The van der Waals surface area contributed by atoms with E-state index in [0.717, 1.165) is 16.7 Å². The smallest absolute Gasteiger partial charge is 0.261 e. The normalized spacial score (nSPS) is 15.0. The van der Waals surface area contributed by atoms with E-state index in [2.05, 4.69) is 0 Å². The van der Waals surface area contributed by atoms with Gasteiger partial charge in [0, 0.05) is 11.6 Å². The lowest BCUT2D eigenvalue weighted by Gasteiger charge is -2.38. The van der Waals surface area contributed by atoms with Crippen LogP contribution in [0.5, 0.6) is 5.75 Å². The molecule has 1 amide bonds. The number of halogens is 2. The van der Waals surface area contributed by atoms with Gasteiger partial charge in [-0.25, -0.2) is 8.78 Å². The largest absolute Gasteiger partial charge is 0.497 e. The number of fused-ring (bicyclic) bond motifs is 3. The summed E-state index contributed by atoms with van der Waals surface area (Å²) >= 11 is 0. The van der Waals surface area contributed by atoms with Crippen LogP contribution in [0, 0.1) is 11.6 Å². The van der Waals surface area contributed by atoms with Gasteiger partial charge < -0.3 is 9.64 Å². The Kier molecular flexibility index (Phi) is 4.59. The lowest BCUT2D eigenvalue weighted by atomic mass is 9.86. The molecule has 1 aliphatic heterocycles. The Morgan fingerprint density at radius 1 is 1.04 bits per heavy atom. The summed E-state index contributed by atoms with van der Waals surface area (Å²) in [5, 5.41) is 0. The summed E-state index contributed by atoms with van der Waals surface area (Å²) in [5.41, 5.74) is 3.08. The molecule has 0 saturated carbocycles. The highest BCUT2D eigenvalue weighted by Crippen LogP contribution is 2.46. The van der Waals surface area contributed by atoms with Crippen molar-refractivity contribution in [3.05, 3.63) is 83.4 Å². The van der Waals surface area contributed by atoms with Crippen LogP contribution in [0.15, 0.2) is 60.7 Å². The van der Waals surface area contributed by atoms with E-state index in [4.69, 9.17) is 4.74 Å². The van der Waals surface area contributed by atoms with Crippen LogP contribution in [0.3, 0.4) is 0 Å². The summed E-state index contributed by atoms with van der Waals surface area (Å²) in [6.45, 7) is 1.93. The fourth-order valence-corrected chi connectivity index (χ4v) is 3.85. The average molecular weight is 379 g/mol. The molecule has 0 aromatic heterocycles. The highest BCUT2D eigenvalue weighted by atomic mass is 19.1. The highest BCUT2D eigenvalue weighted by Gasteiger charge is 2.35. The maximum Gasteiger partial charge on any atom is 0.261 e. The first-order chi connectivity index (χ1) is 13.5. The molecule has 0 N–H and O–H groups in total. The third kappa shape index (κ3) is 2.83. The third-order valence-electron chi connectivity index (χ3n) is 5.15. The van der Waals surface area contributed by atoms with Crippen LogP contribution in [0.4, 0.5) is 14.5 Å². The Hall–Kier alpha value is -3.21. The lowest BCUT2D eigenvalue weighted by molar-refractivity contribution is 0.0971. The second-order valence-corrected chi connectivity index (χ2v) is 6.69. The van der Waals surface area contributed by atoms with Gasteiger partial charge in [0.1, 0.15) is 17.4 Å². The molecule has 0 radical (unpaired) electrons. The number of benzene rings is 3. The zero-order chi connectivity index (χ0) is 19.8. The molecule has 4 rings (SSSR count). The molecule has 1 unspecified atom stereocenters. The van der Waals surface area contributed by atoms with E-state index in [1.807, 2.05) is 31.2 Å². The molecule has 142 valence electrons. The van der Waals surface area contributed by atoms with Gasteiger partial charge in [-0.1, -0.05) is 31.2 Å². The SMILES string of the molecule is CCC1c2cc(F)ccc2-c2ccccc2N1C(=O)c1ccc(OC)cc1F. The fourth-order valence-electron chi connectivity index (χ4n) is 3.85. The van der Waals surface area contributed by atoms with E-state index >= 15 is 0 Å². The van der Waals surface area contributed by atoms with Gasteiger partial charge in [-0.3, -0.25) is 4.79 Å². The van der Waals surface area contributed by atoms with Gasteiger partial charge in [-0.2, -0.15) is 0 Å². The van der Waals surface area contributed by atoms with Gasteiger partial charge >= 0.3 is 0 Å². The maximum atomic E-state index is 14.6. The summed E-state index contributed by atoms with van der Waals surface area (Å²) in [4.78, 5) is 15.0. The molecule has 3 nitrogen and oxygen atoms in total. The van der Waals surface area contributed by atoms with Gasteiger partial charge in [0.05, 0.1) is 24.4 Å². The molecule has 0 spiro atoms. The minimum Gasteiger partial charge on any atom is -0.497 e. The predicted octanol–water partition coefficient (Wildman–Crippen LogP) is 5.75. The van der Waals surface area contributed by atoms with Crippen LogP contribution in [-0.4, -0.2) is 13.0 Å². The Balaban J connectivity index is 1.90. The predicted molar refractivity (Wildman–Crippen MR) is 105 cm³/mol. The first-order valence-electron chi connectivity index (χ1n) is 9.11. The molecule has 0 saturated heterocycles. The molecule has 1 atom stereocenters. The van der Waals surface area contributed by atoms with Crippen molar-refractivity contribution in [2.24, 2.45) is 0 Å². The van der Waals surface area contributed by atoms with Gasteiger partial charge in [-0.05, 0) is 47.9 Å². The van der Waals surface area contributed by atoms with Crippen molar-refractivity contribution in [2.45, 2.75) is 19.4 Å². The molecule has 0 bridgehead atoms. The van der Waals surface area contributed by atoms with Crippen molar-refractivity contribution >= 4 is 11.6 Å². The minimum absolute atomic E-state index is 0.0473. The number of amides is 1. The number of carbonyl (C=O) groups is 1. The van der Waals surface area contributed by atoms with Crippen LogP contribution in [0.2, 0.25) is 0 Å². The lowest BCUT2D eigenvalue weighted by Crippen LogP contribution is -2.38. The number of anilines is 1. The van der Waals surface area contributed by atoms with Crippen LogP contribution in [0.1, 0.15) is 35.3 Å². The Morgan fingerprint density at radius 3 is 2.54 bits per heavy atom. The third-order valence-corrected chi connectivity index (χ3v) is 5.15. The number of rotatable bonds is 3. The first-order valence-corrected chi connectivity index (χ1v) is 9.11. The van der Waals surface area contributed by atoms with Crippen molar-refractivity contribution in [3.8, 4) is 16.9 Å². The first kappa shape index (κ1) is 18.2. The molecular weight excluding hydrogens is 360 g/mol. The van der Waals surface area contributed by atoms with Crippen LogP contribution >= 0.6 is 0 Å². The van der Waals surface area contributed by atoms with E-state index in [-0.39, 0.29) is 11.4 Å². The van der Waals surface area contributed by atoms with Crippen molar-refractivity contribution in [1.29, 1.82) is 0 Å². The van der Waals surface area contributed by atoms with Gasteiger partial charge in [-0.15, -0.1) is 0 Å². The second kappa shape index (κ2) is 7.08. The topological polar surface area (TPSA) is 29.5 Å². The minimum atomic E-state index is -0.651. The molecule has 1 heterocycles. The van der Waals surface area contributed by atoms with Crippen molar-refractivity contribution in [3.63, 3.8) is 0 Å². The number of hydrogen-bond acceptors (Lipinski definition) is 2. The van der Waals surface area contributed by atoms with E-state index in [0.29, 0.717) is 17.9 Å². The number of nitrogens with zero attached hydrogens (tertiary/aromatic N) is 1. The van der Waals surface area contributed by atoms with Gasteiger partial charge in [0.15, 0.2) is 0 Å². The Labute approximate surface area is 162 Å². The molecule has 1 aliphatic rings. The summed E-state index contributed by atoms with van der Waals surface area (Å²) < 4.78 is 33.7. The molecule has 0 aliphatic carbocycles. The zero-order valence-corrected chi connectivity index (χ0v) is 15.6. The molecular formula is C23H19F2NO2. The number of para-hydroxylation sites is 1. The van der Waals surface area contributed by atoms with Crippen LogP contribution in [-0.2, 0) is 0 Å². The molecule has 28 heavy (non-hydrogen) atoms. The summed E-state index contributed by atoms with van der Waals surface area (Å²) in [5.74, 6) is -1.14. The zero-order valence-electron chi connectivity index (χ0n) is 15.6. The quantitative estimate of drug-likeness (QED) is 0.580. The second-order valence-electron chi connectivity index (χ2n) is 6.69. The number of methoxy groups -OCH3 is 1. The maximum absolute atomic E-state index is 14.6. The standard InChI is InChI=1S/C23H19F2NO2/c1-3-21-19-12-14(24)8-10-16(19)17-6-4-5-7-22(17)26(21)23(27)18-11-9-15(28-2)13-20(18)25/h4-13,21H,3H2,1-2H3. The van der Waals surface area contributed by atoms with Gasteiger partial charge in [0.2, 0.25) is 0 Å². The van der Waals surface area contributed by atoms with Crippen molar-refractivity contribution in [2.75, 3.05) is 12.0 Å². The highest BCUT2D eigenvalue weighted by molar-refractivity contribution is 6.10. The van der Waals surface area contributed by atoms with Crippen LogP contribution in [0.25, 0.3) is 11.1 Å². The van der Waals surface area contributed by atoms with E-state index in [1.165, 1.54) is 31.4 Å². The average Bonchev–Trinajstić information content (AvgIpc) is 2.71. The molecule has 3 aromatic carbocycles. The van der Waals surface area contributed by atoms with Crippen LogP contribution < -0.4 is 9.64 Å². The summed E-state index contributed by atoms with van der Waals surface area (Å²) in [6, 6.07) is 15.8. The Bertz CT molecular complexity index is 1060. The molecule has 3 aromatic rings. The summed E-state index contributed by atoms with van der Waals surface area (Å²) in [6.07, 6.45) is 0.564. The van der Waals surface area contributed by atoms with E-state index in [9.17, 15) is 13.6 Å². The fraction of sp³-hybridized carbons (Fsp3) is 0.174. The summed E-state index contributed by atoms with van der Waals surface area (Å²) in [7, 11) is 1.44. The number of hydrogen-bond donors (Lipinski definition) is 0. The van der Waals surface area contributed by atoms with E-state index < -0.39 is 17.8 Å². The van der Waals surface area contributed by atoms with Crippen molar-refractivity contribution in [1.82, 2.24) is 0 Å². The number of ether oxygens (including phenoxy) is 1. The van der Waals surface area contributed by atoms with E-state index in [1.54, 1.807) is 17.0 Å². The van der Waals surface area contributed by atoms with Crippen molar-refractivity contribution < 1.29 is 18.3 Å². The monoisotopic (exact) mass is 379 g/mol. The molecule has 0 fully saturated rings. The number of carbonyl (C=O) groups excluding carboxylic acids is 1.